The molecule has 9 heteroatoms. The number of aromatic nitrogens is 4. The third-order valence-corrected chi connectivity index (χ3v) is 5.64. The van der Waals surface area contributed by atoms with Crippen LogP contribution in [0, 0.1) is 0 Å². The lowest BCUT2D eigenvalue weighted by atomic mass is 10.2. The topological polar surface area (TPSA) is 93.4 Å². The lowest BCUT2D eigenvalue weighted by molar-refractivity contribution is 0.143. The maximum atomic E-state index is 12.6. The van der Waals surface area contributed by atoms with Crippen LogP contribution in [0.15, 0.2) is 59.8 Å². The molecular formula is C21H20N6O3. The van der Waals surface area contributed by atoms with Crippen molar-refractivity contribution in [1.29, 1.82) is 0 Å². The number of benzene rings is 1. The average molecular weight is 404 g/mol. The third kappa shape index (κ3) is 3.18. The number of fused-ring (bicyclic) bond motifs is 2. The highest BCUT2D eigenvalue weighted by Crippen LogP contribution is 2.34. The number of amides is 1. The van der Waals surface area contributed by atoms with Gasteiger partial charge in [0.15, 0.2) is 0 Å². The maximum Gasteiger partial charge on any atom is 0.415 e. The van der Waals surface area contributed by atoms with Crippen molar-refractivity contribution >= 4 is 12.0 Å². The highest BCUT2D eigenvalue weighted by Gasteiger charge is 2.47. The molecule has 2 unspecified atom stereocenters. The van der Waals surface area contributed by atoms with Crippen LogP contribution in [-0.4, -0.2) is 55.7 Å². The summed E-state index contributed by atoms with van der Waals surface area (Å²) in [6.07, 6.45) is 3.53. The Morgan fingerprint density at radius 1 is 1.10 bits per heavy atom. The summed E-state index contributed by atoms with van der Waals surface area (Å²) in [6.45, 7) is 1.13. The monoisotopic (exact) mass is 404 g/mol. The molecular weight excluding hydrogens is 384 g/mol. The molecule has 2 bridgehead atoms. The van der Waals surface area contributed by atoms with E-state index in [1.807, 2.05) is 18.2 Å². The van der Waals surface area contributed by atoms with E-state index >= 15 is 0 Å². The molecule has 2 aliphatic heterocycles. The van der Waals surface area contributed by atoms with Crippen molar-refractivity contribution < 1.29 is 9.53 Å². The van der Waals surface area contributed by atoms with E-state index in [4.69, 9.17) is 9.72 Å². The molecule has 5 rings (SSSR count). The Morgan fingerprint density at radius 3 is 2.63 bits per heavy atom. The summed E-state index contributed by atoms with van der Waals surface area (Å²) in [5.74, 6) is 1.11. The number of para-hydroxylation sites is 1. The molecule has 2 saturated heterocycles. The first-order valence-electron chi connectivity index (χ1n) is 9.75. The molecule has 0 N–H and O–H groups in total. The van der Waals surface area contributed by atoms with Gasteiger partial charge in [0, 0.05) is 32.4 Å². The third-order valence-electron chi connectivity index (χ3n) is 5.64. The second-order valence-corrected chi connectivity index (χ2v) is 7.46. The number of carbonyl (C=O) groups excluding carboxylic acids is 1. The summed E-state index contributed by atoms with van der Waals surface area (Å²) in [5.41, 5.74) is 0.955. The van der Waals surface area contributed by atoms with Crippen molar-refractivity contribution in [1.82, 2.24) is 24.4 Å². The molecule has 30 heavy (non-hydrogen) atoms. The van der Waals surface area contributed by atoms with Gasteiger partial charge < -0.3 is 14.5 Å². The molecule has 2 atom stereocenters. The molecule has 0 saturated carbocycles. The van der Waals surface area contributed by atoms with Gasteiger partial charge in [0.05, 0.1) is 23.5 Å². The second-order valence-electron chi connectivity index (χ2n) is 7.46. The average Bonchev–Trinajstić information content (AvgIpc) is 3.38. The summed E-state index contributed by atoms with van der Waals surface area (Å²) in [5, 5.41) is 0. The van der Waals surface area contributed by atoms with E-state index in [9.17, 15) is 9.59 Å². The number of nitrogens with zero attached hydrogens (tertiary/aromatic N) is 6. The molecule has 3 aromatic rings. The van der Waals surface area contributed by atoms with Crippen molar-refractivity contribution in [2.45, 2.75) is 18.5 Å². The smallest absolute Gasteiger partial charge is 0.410 e. The summed E-state index contributed by atoms with van der Waals surface area (Å²) >= 11 is 0. The Balaban J connectivity index is 1.37. The Hall–Kier alpha value is -3.75. The van der Waals surface area contributed by atoms with Crippen LogP contribution in [0.2, 0.25) is 0 Å². The quantitative estimate of drug-likeness (QED) is 0.656. The number of hydrogen-bond donors (Lipinski definition) is 0. The van der Waals surface area contributed by atoms with Gasteiger partial charge in [-0.15, -0.1) is 0 Å². The van der Waals surface area contributed by atoms with Crippen LogP contribution in [0.1, 0.15) is 6.42 Å². The minimum absolute atomic E-state index is 0.0193. The summed E-state index contributed by atoms with van der Waals surface area (Å²) in [4.78, 5) is 41.8. The van der Waals surface area contributed by atoms with E-state index in [1.165, 1.54) is 17.0 Å². The molecule has 0 aliphatic carbocycles. The zero-order valence-corrected chi connectivity index (χ0v) is 16.4. The normalized spacial score (nSPS) is 19.9. The maximum absolute atomic E-state index is 12.6. The zero-order chi connectivity index (χ0) is 20.7. The van der Waals surface area contributed by atoms with Crippen molar-refractivity contribution in [3.63, 3.8) is 0 Å². The van der Waals surface area contributed by atoms with Crippen LogP contribution in [0.25, 0.3) is 11.4 Å². The number of rotatable bonds is 3. The Kier molecular flexibility index (Phi) is 4.42. The number of carbonyl (C=O) groups is 1. The van der Waals surface area contributed by atoms with E-state index in [2.05, 4.69) is 14.9 Å². The van der Waals surface area contributed by atoms with Gasteiger partial charge in [-0.05, 0) is 24.6 Å². The number of likely N-dealkylation sites (tertiary alicyclic amines) is 1. The molecule has 0 spiro atoms. The lowest BCUT2D eigenvalue weighted by Gasteiger charge is -2.34. The minimum atomic E-state index is -0.343. The van der Waals surface area contributed by atoms with Gasteiger partial charge >= 0.3 is 6.09 Å². The summed E-state index contributed by atoms with van der Waals surface area (Å²) in [6, 6.07) is 12.4. The van der Waals surface area contributed by atoms with Gasteiger partial charge in [-0.3, -0.25) is 9.36 Å². The van der Waals surface area contributed by atoms with Crippen molar-refractivity contribution in [2.24, 2.45) is 7.05 Å². The minimum Gasteiger partial charge on any atom is -0.410 e. The highest BCUT2D eigenvalue weighted by molar-refractivity contribution is 5.72. The standard InChI is InChI=1S/C21H20N6O3/c1-25-19(28)10-18(17-7-8-22-13-23-17)24-20(25)26-11-15-9-14(26)12-27(15)21(29)30-16-5-3-2-4-6-16/h2-8,10,13-15H,9,11-12H2,1H3. The molecule has 2 aliphatic rings. The Bertz CT molecular complexity index is 1130. The number of hydrogen-bond acceptors (Lipinski definition) is 7. The molecule has 4 heterocycles. The first-order chi connectivity index (χ1) is 14.6. The second kappa shape index (κ2) is 7.25. The molecule has 2 fully saturated rings. The van der Waals surface area contributed by atoms with E-state index in [0.717, 1.165) is 6.42 Å². The van der Waals surface area contributed by atoms with Crippen molar-refractivity contribution in [3.05, 3.63) is 65.3 Å². The van der Waals surface area contributed by atoms with E-state index in [1.54, 1.807) is 36.3 Å². The van der Waals surface area contributed by atoms with Crippen LogP contribution in [0.5, 0.6) is 5.75 Å². The van der Waals surface area contributed by atoms with Gasteiger partial charge in [0.2, 0.25) is 5.95 Å². The molecule has 0 radical (unpaired) electrons. The Labute approximate surface area is 172 Å². The van der Waals surface area contributed by atoms with Crippen LogP contribution >= 0.6 is 0 Å². The van der Waals surface area contributed by atoms with E-state index in [-0.39, 0.29) is 23.7 Å². The van der Waals surface area contributed by atoms with Gasteiger partial charge in [-0.2, -0.15) is 0 Å². The predicted octanol–water partition coefficient (Wildman–Crippen LogP) is 1.70. The first kappa shape index (κ1) is 18.3. The number of anilines is 1. The van der Waals surface area contributed by atoms with Gasteiger partial charge in [-0.1, -0.05) is 18.2 Å². The largest absolute Gasteiger partial charge is 0.415 e. The van der Waals surface area contributed by atoms with Gasteiger partial charge in [-0.25, -0.2) is 19.7 Å². The number of ether oxygens (including phenoxy) is 1. The molecule has 9 nitrogen and oxygen atoms in total. The zero-order valence-electron chi connectivity index (χ0n) is 16.4. The van der Waals surface area contributed by atoms with E-state index in [0.29, 0.717) is 36.2 Å². The van der Waals surface area contributed by atoms with Crippen LogP contribution in [-0.2, 0) is 7.05 Å². The fourth-order valence-electron chi connectivity index (χ4n) is 4.14. The van der Waals surface area contributed by atoms with Crippen LogP contribution in [0.4, 0.5) is 10.7 Å². The first-order valence-corrected chi connectivity index (χ1v) is 9.75. The van der Waals surface area contributed by atoms with Crippen LogP contribution in [0.3, 0.4) is 0 Å². The molecule has 1 aromatic carbocycles. The SMILES string of the molecule is Cn1c(N2CC3CC2CN3C(=O)Oc2ccccc2)nc(-c2ccncn2)cc1=O. The molecule has 1 amide bonds. The lowest BCUT2D eigenvalue weighted by Crippen LogP contribution is -2.51. The van der Waals surface area contributed by atoms with E-state index < -0.39 is 0 Å². The fourth-order valence-corrected chi connectivity index (χ4v) is 4.14. The fraction of sp³-hybridized carbons (Fsp3) is 0.286. The molecule has 2 aromatic heterocycles. The summed E-state index contributed by atoms with van der Waals surface area (Å²) < 4.78 is 7.03. The van der Waals surface area contributed by atoms with Gasteiger partial charge in [0.25, 0.3) is 5.56 Å². The van der Waals surface area contributed by atoms with Crippen LogP contribution < -0.4 is 15.2 Å². The highest BCUT2D eigenvalue weighted by atomic mass is 16.6. The molecule has 152 valence electrons. The van der Waals surface area contributed by atoms with Gasteiger partial charge in [0.1, 0.15) is 12.1 Å². The number of piperazine rings is 1. The summed E-state index contributed by atoms with van der Waals surface area (Å²) in [7, 11) is 1.71. The van der Waals surface area contributed by atoms with Crippen molar-refractivity contribution in [3.8, 4) is 17.1 Å². The van der Waals surface area contributed by atoms with Crippen molar-refractivity contribution in [2.75, 3.05) is 18.0 Å². The predicted molar refractivity (Wildman–Crippen MR) is 109 cm³/mol. The Morgan fingerprint density at radius 2 is 1.93 bits per heavy atom.